The van der Waals surface area contributed by atoms with Gasteiger partial charge in [0.05, 0.1) is 18.1 Å². The van der Waals surface area contributed by atoms with Crippen molar-refractivity contribution in [2.75, 3.05) is 12.0 Å². The molecule has 5 aromatic heterocycles. The number of aromatic nitrogens is 9. The van der Waals surface area contributed by atoms with E-state index in [1.807, 2.05) is 17.0 Å². The molecule has 2 bridgehead atoms. The molecule has 0 radical (unpaired) electrons. The van der Waals surface area contributed by atoms with Crippen LogP contribution in [0.5, 0.6) is 0 Å². The Bertz CT molecular complexity index is 1860. The standard InChI is InChI=1S/C26H25N11O3S/c1-41(39,40)22-21(15-9-16-4-5-17(10-15)36(16)26(38)20-13-31-35-34-20)33-25-18(12-32-37(25)23(22)27)14-3-6-19(30-11-14)24-28-7-2-8-29-24/h2-3,6-8,11-13,15-17H,4-5,9-10,27H2,1H3,(H,31,34,35)/t15-,16+,17-. The van der Waals surface area contributed by atoms with Crippen LogP contribution in [-0.4, -0.2) is 82.5 Å². The van der Waals surface area contributed by atoms with Crippen molar-refractivity contribution in [3.05, 3.63) is 60.6 Å². The molecule has 15 heteroatoms. The van der Waals surface area contributed by atoms with Gasteiger partial charge in [0, 0.05) is 54.0 Å². The molecule has 0 aromatic carbocycles. The fourth-order valence-electron chi connectivity index (χ4n) is 6.16. The molecule has 41 heavy (non-hydrogen) atoms. The number of anilines is 1. The van der Waals surface area contributed by atoms with Gasteiger partial charge in [0.25, 0.3) is 5.91 Å². The molecule has 5 aromatic rings. The first-order valence-electron chi connectivity index (χ1n) is 13.1. The molecule has 14 nitrogen and oxygen atoms in total. The molecule has 2 saturated heterocycles. The lowest BCUT2D eigenvalue weighted by molar-refractivity contribution is 0.0562. The fourth-order valence-corrected chi connectivity index (χ4v) is 7.22. The number of nitrogen functional groups attached to an aromatic ring is 1. The molecule has 208 valence electrons. The lowest BCUT2D eigenvalue weighted by atomic mass is 9.87. The Kier molecular flexibility index (Phi) is 5.78. The van der Waals surface area contributed by atoms with Gasteiger partial charge in [-0.15, -0.1) is 0 Å². The zero-order valence-electron chi connectivity index (χ0n) is 21.9. The first kappa shape index (κ1) is 25.2. The molecule has 0 spiro atoms. The van der Waals surface area contributed by atoms with E-state index in [4.69, 9.17) is 10.7 Å². The summed E-state index contributed by atoms with van der Waals surface area (Å²) in [4.78, 5) is 32.9. The lowest BCUT2D eigenvalue weighted by Crippen LogP contribution is -2.46. The van der Waals surface area contributed by atoms with E-state index in [9.17, 15) is 13.2 Å². The minimum atomic E-state index is -3.75. The van der Waals surface area contributed by atoms with E-state index in [-0.39, 0.29) is 40.3 Å². The summed E-state index contributed by atoms with van der Waals surface area (Å²) < 4.78 is 27.5. The van der Waals surface area contributed by atoms with E-state index in [0.29, 0.717) is 41.3 Å². The number of amides is 1. The maximum Gasteiger partial charge on any atom is 0.276 e. The van der Waals surface area contributed by atoms with Crippen molar-refractivity contribution in [1.29, 1.82) is 0 Å². The van der Waals surface area contributed by atoms with Crippen molar-refractivity contribution >= 4 is 27.2 Å². The molecular formula is C26H25N11O3S. The number of H-pyrrole nitrogens is 1. The Hall–Kier alpha value is -4.79. The number of nitrogens with one attached hydrogen (secondary N) is 1. The number of rotatable bonds is 5. The summed E-state index contributed by atoms with van der Waals surface area (Å²) in [6, 6.07) is 5.26. The molecule has 0 saturated carbocycles. The van der Waals surface area contributed by atoms with Crippen LogP contribution in [0.2, 0.25) is 0 Å². The third kappa shape index (κ3) is 4.20. The summed E-state index contributed by atoms with van der Waals surface area (Å²) >= 11 is 0. The average Bonchev–Trinajstić information content (AvgIpc) is 3.71. The van der Waals surface area contributed by atoms with Gasteiger partial charge in [-0.1, -0.05) is 6.07 Å². The second-order valence-corrected chi connectivity index (χ2v) is 12.4. The highest BCUT2D eigenvalue weighted by Gasteiger charge is 2.46. The van der Waals surface area contributed by atoms with E-state index in [1.54, 1.807) is 30.9 Å². The van der Waals surface area contributed by atoms with Crippen molar-refractivity contribution in [2.24, 2.45) is 0 Å². The molecule has 2 aliphatic rings. The van der Waals surface area contributed by atoms with Crippen LogP contribution in [0.1, 0.15) is 47.8 Å². The van der Waals surface area contributed by atoms with Crippen LogP contribution in [0.15, 0.2) is 54.1 Å². The molecule has 7 heterocycles. The van der Waals surface area contributed by atoms with Crippen molar-refractivity contribution in [3.8, 4) is 22.6 Å². The maximum atomic E-state index is 13.1. The Balaban J connectivity index is 1.29. The van der Waals surface area contributed by atoms with Gasteiger partial charge in [-0.3, -0.25) is 9.78 Å². The number of carbonyl (C=O) groups is 1. The van der Waals surface area contributed by atoms with E-state index in [2.05, 4.69) is 35.5 Å². The second kappa shape index (κ2) is 9.40. The van der Waals surface area contributed by atoms with Crippen molar-refractivity contribution < 1.29 is 13.2 Å². The number of pyridine rings is 1. The minimum absolute atomic E-state index is 0.00876. The number of fused-ring (bicyclic) bond motifs is 3. The largest absolute Gasteiger partial charge is 0.382 e. The summed E-state index contributed by atoms with van der Waals surface area (Å²) in [7, 11) is -3.75. The molecule has 3 atom stereocenters. The van der Waals surface area contributed by atoms with Crippen LogP contribution in [-0.2, 0) is 9.84 Å². The molecular weight excluding hydrogens is 546 g/mol. The Morgan fingerprint density at radius 3 is 2.44 bits per heavy atom. The molecule has 3 N–H and O–H groups in total. The van der Waals surface area contributed by atoms with E-state index in [0.717, 1.165) is 24.7 Å². The van der Waals surface area contributed by atoms with Crippen LogP contribution in [0.25, 0.3) is 28.3 Å². The quantitative estimate of drug-likeness (QED) is 0.313. The molecule has 2 aliphatic heterocycles. The van der Waals surface area contributed by atoms with Gasteiger partial charge in [0.15, 0.2) is 27.0 Å². The Morgan fingerprint density at radius 2 is 1.80 bits per heavy atom. The van der Waals surface area contributed by atoms with Crippen LogP contribution in [0.4, 0.5) is 5.82 Å². The number of nitrogens with zero attached hydrogens (tertiary/aromatic N) is 9. The molecule has 0 aliphatic carbocycles. The Labute approximate surface area is 234 Å². The maximum absolute atomic E-state index is 13.1. The number of hydrogen-bond donors (Lipinski definition) is 2. The highest BCUT2D eigenvalue weighted by molar-refractivity contribution is 7.91. The fraction of sp³-hybridized carbons (Fsp3) is 0.308. The number of aromatic amines is 1. The first-order chi connectivity index (χ1) is 19.8. The number of carbonyl (C=O) groups excluding carboxylic acids is 1. The number of piperidine rings is 1. The average molecular weight is 572 g/mol. The van der Waals surface area contributed by atoms with Crippen molar-refractivity contribution in [2.45, 2.75) is 48.6 Å². The molecule has 1 amide bonds. The van der Waals surface area contributed by atoms with Gasteiger partial charge in [0.2, 0.25) is 0 Å². The van der Waals surface area contributed by atoms with Crippen LogP contribution in [0, 0.1) is 0 Å². The molecule has 7 rings (SSSR count). The predicted molar refractivity (Wildman–Crippen MR) is 146 cm³/mol. The summed E-state index contributed by atoms with van der Waals surface area (Å²) in [6.07, 6.45) is 11.9. The third-order valence-corrected chi connectivity index (χ3v) is 9.05. The van der Waals surface area contributed by atoms with Crippen LogP contribution < -0.4 is 5.73 Å². The minimum Gasteiger partial charge on any atom is -0.382 e. The topological polar surface area (TPSA) is 191 Å². The Morgan fingerprint density at radius 1 is 1.05 bits per heavy atom. The predicted octanol–water partition coefficient (Wildman–Crippen LogP) is 1.90. The van der Waals surface area contributed by atoms with Crippen LogP contribution >= 0.6 is 0 Å². The van der Waals surface area contributed by atoms with Gasteiger partial charge in [0.1, 0.15) is 16.4 Å². The van der Waals surface area contributed by atoms with Gasteiger partial charge in [-0.05, 0) is 37.8 Å². The number of nitrogens with two attached hydrogens (primary N) is 1. The summed E-state index contributed by atoms with van der Waals surface area (Å²) in [5.41, 5.74) is 9.61. The highest BCUT2D eigenvalue weighted by Crippen LogP contribution is 2.45. The zero-order valence-corrected chi connectivity index (χ0v) is 22.7. The smallest absolute Gasteiger partial charge is 0.276 e. The third-order valence-electron chi connectivity index (χ3n) is 7.89. The zero-order chi connectivity index (χ0) is 28.3. The monoisotopic (exact) mass is 571 g/mol. The highest BCUT2D eigenvalue weighted by atomic mass is 32.2. The van der Waals surface area contributed by atoms with Crippen molar-refractivity contribution in [1.82, 2.24) is 49.9 Å². The molecule has 0 unspecified atom stereocenters. The van der Waals surface area contributed by atoms with E-state index in [1.165, 1.54) is 10.7 Å². The van der Waals surface area contributed by atoms with Gasteiger partial charge in [-0.25, -0.2) is 23.4 Å². The number of hydrogen-bond acceptors (Lipinski definition) is 11. The molecule has 2 fully saturated rings. The van der Waals surface area contributed by atoms with E-state index >= 15 is 0 Å². The van der Waals surface area contributed by atoms with Crippen LogP contribution in [0.3, 0.4) is 0 Å². The second-order valence-electron chi connectivity index (χ2n) is 10.4. The lowest BCUT2D eigenvalue weighted by Gasteiger charge is -2.38. The van der Waals surface area contributed by atoms with E-state index < -0.39 is 9.84 Å². The number of sulfone groups is 1. The summed E-state index contributed by atoms with van der Waals surface area (Å²) in [5, 5.41) is 14.6. The first-order valence-corrected chi connectivity index (χ1v) is 15.0. The van der Waals surface area contributed by atoms with Gasteiger partial charge >= 0.3 is 0 Å². The van der Waals surface area contributed by atoms with Gasteiger partial charge in [-0.2, -0.15) is 25.0 Å². The summed E-state index contributed by atoms with van der Waals surface area (Å²) in [5.74, 6) is 0.120. The SMILES string of the molecule is CS(=O)(=O)c1c([C@H]2C[C@H]3CC[C@@H](C2)N3C(=O)c2cn[nH]n2)nc2c(-c3ccc(-c4ncccn4)nc3)cnn2c1N. The van der Waals surface area contributed by atoms with Crippen molar-refractivity contribution in [3.63, 3.8) is 0 Å². The van der Waals surface area contributed by atoms with Gasteiger partial charge < -0.3 is 10.6 Å². The summed E-state index contributed by atoms with van der Waals surface area (Å²) in [6.45, 7) is 0. The normalized spacial score (nSPS) is 20.5.